The molecule has 0 atom stereocenters. The van der Waals surface area contributed by atoms with E-state index < -0.39 is 0 Å². The molecule has 0 unspecified atom stereocenters. The fourth-order valence-electron chi connectivity index (χ4n) is 1.84. The van der Waals surface area contributed by atoms with Crippen molar-refractivity contribution in [2.75, 3.05) is 0 Å². The van der Waals surface area contributed by atoms with Crippen LogP contribution in [0, 0.1) is 6.92 Å². The summed E-state index contributed by atoms with van der Waals surface area (Å²) in [5, 5.41) is 4.76. The summed E-state index contributed by atoms with van der Waals surface area (Å²) in [6, 6.07) is 5.42. The van der Waals surface area contributed by atoms with Crippen molar-refractivity contribution in [3.63, 3.8) is 0 Å². The number of aldehydes is 1. The van der Waals surface area contributed by atoms with Gasteiger partial charge in [-0.25, -0.2) is 0 Å². The van der Waals surface area contributed by atoms with Crippen LogP contribution in [0.3, 0.4) is 0 Å². The van der Waals surface area contributed by atoms with E-state index in [-0.39, 0.29) is 0 Å². The molecule has 0 bridgehead atoms. The Kier molecular flexibility index (Phi) is 3.29. The predicted molar refractivity (Wildman–Crippen MR) is 68.5 cm³/mol. The number of hydrogen-bond donors (Lipinski definition) is 0. The minimum absolute atomic E-state index is 0.473. The fraction of sp³-hybridized carbons (Fsp3) is 0.231. The molecule has 1 aromatic carbocycles. The van der Waals surface area contributed by atoms with E-state index in [2.05, 4.69) is 5.10 Å². The van der Waals surface area contributed by atoms with E-state index in [1.165, 1.54) is 0 Å². The lowest BCUT2D eigenvalue weighted by atomic mass is 10.1. The van der Waals surface area contributed by atoms with Crippen LogP contribution in [-0.2, 0) is 6.54 Å². The molecular formula is C13H13ClN2O. The molecule has 4 heteroatoms. The Bertz CT molecular complexity index is 561. The molecule has 3 nitrogen and oxygen atoms in total. The summed E-state index contributed by atoms with van der Waals surface area (Å²) >= 11 is 6.01. The van der Waals surface area contributed by atoms with Gasteiger partial charge in [0.1, 0.15) is 0 Å². The van der Waals surface area contributed by atoms with Crippen LogP contribution in [0.4, 0.5) is 0 Å². The summed E-state index contributed by atoms with van der Waals surface area (Å²) in [5.41, 5.74) is 3.64. The number of carbonyl (C=O) groups excluding carboxylic acids is 1. The van der Waals surface area contributed by atoms with Crippen LogP contribution in [0.2, 0.25) is 5.02 Å². The molecule has 0 aliphatic rings. The third-order valence-electron chi connectivity index (χ3n) is 2.84. The normalized spacial score (nSPS) is 10.5. The Morgan fingerprint density at radius 3 is 2.76 bits per heavy atom. The van der Waals surface area contributed by atoms with Crippen LogP contribution in [0.1, 0.15) is 23.0 Å². The Morgan fingerprint density at radius 1 is 1.47 bits per heavy atom. The summed E-state index contributed by atoms with van der Waals surface area (Å²) in [4.78, 5) is 10.7. The molecule has 0 fully saturated rings. The molecule has 1 aromatic heterocycles. The summed E-state index contributed by atoms with van der Waals surface area (Å²) < 4.78 is 1.93. The molecule has 88 valence electrons. The van der Waals surface area contributed by atoms with Gasteiger partial charge in [-0.2, -0.15) is 5.10 Å². The maximum atomic E-state index is 10.7. The summed E-state index contributed by atoms with van der Waals surface area (Å²) in [7, 11) is 0. The van der Waals surface area contributed by atoms with Crippen molar-refractivity contribution in [1.82, 2.24) is 9.78 Å². The smallest absolute Gasteiger partial charge is 0.151 e. The van der Waals surface area contributed by atoms with Crippen LogP contribution in [0.25, 0.3) is 11.1 Å². The van der Waals surface area contributed by atoms with E-state index in [9.17, 15) is 4.79 Å². The lowest BCUT2D eigenvalue weighted by Crippen LogP contribution is -1.98. The number of aryl methyl sites for hydroxylation is 1. The molecular weight excluding hydrogens is 236 g/mol. The van der Waals surface area contributed by atoms with Crippen LogP contribution in [0.15, 0.2) is 24.4 Å². The average molecular weight is 249 g/mol. The molecule has 0 spiro atoms. The molecule has 0 saturated carbocycles. The first-order valence-corrected chi connectivity index (χ1v) is 5.82. The van der Waals surface area contributed by atoms with Crippen molar-refractivity contribution in [1.29, 1.82) is 0 Å². The van der Waals surface area contributed by atoms with E-state index in [0.29, 0.717) is 10.6 Å². The number of halogens is 1. The van der Waals surface area contributed by atoms with E-state index >= 15 is 0 Å². The number of carbonyl (C=O) groups is 1. The Morgan fingerprint density at radius 2 is 2.24 bits per heavy atom. The van der Waals surface area contributed by atoms with Gasteiger partial charge < -0.3 is 0 Å². The van der Waals surface area contributed by atoms with Gasteiger partial charge >= 0.3 is 0 Å². The Balaban J connectivity index is 2.49. The molecule has 0 N–H and O–H groups in total. The second kappa shape index (κ2) is 4.72. The molecule has 0 amide bonds. The van der Waals surface area contributed by atoms with Gasteiger partial charge in [-0.15, -0.1) is 0 Å². The Labute approximate surface area is 105 Å². The highest BCUT2D eigenvalue weighted by atomic mass is 35.5. The second-order valence-electron chi connectivity index (χ2n) is 3.81. The van der Waals surface area contributed by atoms with Gasteiger partial charge in [-0.1, -0.05) is 17.7 Å². The van der Waals surface area contributed by atoms with Crippen molar-refractivity contribution in [3.05, 3.63) is 40.7 Å². The first kappa shape index (κ1) is 11.9. The molecule has 0 radical (unpaired) electrons. The lowest BCUT2D eigenvalue weighted by Gasteiger charge is -2.04. The van der Waals surface area contributed by atoms with Crippen molar-refractivity contribution in [2.45, 2.75) is 20.4 Å². The maximum absolute atomic E-state index is 10.7. The number of nitrogens with zero attached hydrogens (tertiary/aromatic N) is 2. The van der Waals surface area contributed by atoms with Gasteiger partial charge in [-0.3, -0.25) is 9.48 Å². The fourth-order valence-corrected chi connectivity index (χ4v) is 2.06. The quantitative estimate of drug-likeness (QED) is 0.781. The van der Waals surface area contributed by atoms with Gasteiger partial charge in [0.05, 0.1) is 11.2 Å². The summed E-state index contributed by atoms with van der Waals surface area (Å²) in [6.45, 7) is 4.91. The van der Waals surface area contributed by atoms with Gasteiger partial charge in [0.25, 0.3) is 0 Å². The van der Waals surface area contributed by atoms with E-state index in [0.717, 1.165) is 29.7 Å². The SMILES string of the molecule is CCn1ncc(-c2ccc(C=O)c(Cl)c2)c1C. The zero-order valence-electron chi connectivity index (χ0n) is 9.77. The topological polar surface area (TPSA) is 34.9 Å². The molecule has 0 aliphatic heterocycles. The third-order valence-corrected chi connectivity index (χ3v) is 3.17. The van der Waals surface area contributed by atoms with Crippen molar-refractivity contribution in [3.8, 4) is 11.1 Å². The van der Waals surface area contributed by atoms with Crippen molar-refractivity contribution < 1.29 is 4.79 Å². The molecule has 17 heavy (non-hydrogen) atoms. The van der Waals surface area contributed by atoms with Crippen molar-refractivity contribution in [2.24, 2.45) is 0 Å². The Hall–Kier alpha value is -1.61. The molecule has 2 aromatic rings. The first-order valence-electron chi connectivity index (χ1n) is 5.45. The van der Waals surface area contributed by atoms with E-state index in [1.54, 1.807) is 12.1 Å². The zero-order chi connectivity index (χ0) is 12.4. The zero-order valence-corrected chi connectivity index (χ0v) is 10.5. The largest absolute Gasteiger partial charge is 0.298 e. The highest BCUT2D eigenvalue weighted by molar-refractivity contribution is 6.33. The number of hydrogen-bond acceptors (Lipinski definition) is 2. The maximum Gasteiger partial charge on any atom is 0.151 e. The van der Waals surface area contributed by atoms with Gasteiger partial charge in [0.2, 0.25) is 0 Å². The van der Waals surface area contributed by atoms with Crippen LogP contribution < -0.4 is 0 Å². The summed E-state index contributed by atoms with van der Waals surface area (Å²) in [6.07, 6.45) is 2.58. The molecule has 0 saturated heterocycles. The van der Waals surface area contributed by atoms with Gasteiger partial charge in [0.15, 0.2) is 6.29 Å². The monoisotopic (exact) mass is 248 g/mol. The highest BCUT2D eigenvalue weighted by Crippen LogP contribution is 2.27. The minimum atomic E-state index is 0.473. The molecule has 1 heterocycles. The summed E-state index contributed by atoms with van der Waals surface area (Å²) in [5.74, 6) is 0. The second-order valence-corrected chi connectivity index (χ2v) is 4.22. The predicted octanol–water partition coefficient (Wildman–Crippen LogP) is 3.34. The van der Waals surface area contributed by atoms with Gasteiger partial charge in [0, 0.05) is 23.4 Å². The van der Waals surface area contributed by atoms with Crippen LogP contribution in [0.5, 0.6) is 0 Å². The van der Waals surface area contributed by atoms with Crippen LogP contribution in [-0.4, -0.2) is 16.1 Å². The van der Waals surface area contributed by atoms with Crippen LogP contribution >= 0.6 is 11.6 Å². The van der Waals surface area contributed by atoms with Gasteiger partial charge in [-0.05, 0) is 31.5 Å². The third kappa shape index (κ3) is 2.11. The highest BCUT2D eigenvalue weighted by Gasteiger charge is 2.09. The number of rotatable bonds is 3. The number of benzene rings is 1. The van der Waals surface area contributed by atoms with E-state index in [1.807, 2.05) is 30.8 Å². The average Bonchev–Trinajstić information content (AvgIpc) is 2.70. The number of aromatic nitrogens is 2. The lowest BCUT2D eigenvalue weighted by molar-refractivity contribution is 0.112. The van der Waals surface area contributed by atoms with Crippen molar-refractivity contribution >= 4 is 17.9 Å². The standard InChI is InChI=1S/C13H13ClN2O/c1-3-16-9(2)12(7-15-16)10-4-5-11(8-17)13(14)6-10/h4-8H,3H2,1-2H3. The van der Waals surface area contributed by atoms with E-state index in [4.69, 9.17) is 11.6 Å². The first-order chi connectivity index (χ1) is 8.17. The molecule has 2 rings (SSSR count). The minimum Gasteiger partial charge on any atom is -0.298 e. The molecule has 0 aliphatic carbocycles.